The first-order valence-corrected chi connectivity index (χ1v) is 6.17. The first-order valence-electron chi connectivity index (χ1n) is 5.41. The number of amides is 1. The van der Waals surface area contributed by atoms with E-state index in [0.717, 1.165) is 0 Å². The predicted octanol–water partition coefficient (Wildman–Crippen LogP) is 2.59. The Bertz CT molecular complexity index is 512. The van der Waals surface area contributed by atoms with Crippen LogP contribution in [-0.2, 0) is 4.79 Å². The number of nitrogens with one attached hydrogen (secondary N) is 1. The highest BCUT2D eigenvalue weighted by Crippen LogP contribution is 2.45. The van der Waals surface area contributed by atoms with Crippen LogP contribution >= 0.6 is 23.2 Å². The lowest BCUT2D eigenvalue weighted by molar-refractivity contribution is -0.143. The third kappa shape index (κ3) is 2.60. The molecule has 1 saturated carbocycles. The van der Waals surface area contributed by atoms with Crippen molar-refractivity contribution in [3.8, 4) is 0 Å². The third-order valence-electron chi connectivity index (χ3n) is 3.07. The van der Waals surface area contributed by atoms with Crippen molar-refractivity contribution in [3.05, 3.63) is 33.8 Å². The Morgan fingerprint density at radius 2 is 2.00 bits per heavy atom. The van der Waals surface area contributed by atoms with Gasteiger partial charge in [-0.15, -0.1) is 0 Å². The summed E-state index contributed by atoms with van der Waals surface area (Å²) in [5.41, 5.74) is -0.536. The van der Waals surface area contributed by atoms with Crippen LogP contribution < -0.4 is 5.32 Å². The van der Waals surface area contributed by atoms with Gasteiger partial charge in [0.2, 0.25) is 0 Å². The molecule has 4 nitrogen and oxygen atoms in total. The molecule has 1 aliphatic rings. The summed E-state index contributed by atoms with van der Waals surface area (Å²) in [6, 6.07) is 4.57. The van der Waals surface area contributed by atoms with E-state index in [-0.39, 0.29) is 17.1 Å². The fourth-order valence-electron chi connectivity index (χ4n) is 1.63. The van der Waals surface area contributed by atoms with Gasteiger partial charge in [-0.25, -0.2) is 0 Å². The summed E-state index contributed by atoms with van der Waals surface area (Å²) in [5, 5.41) is 12.3. The molecule has 1 aromatic carbocycles. The highest BCUT2D eigenvalue weighted by molar-refractivity contribution is 6.35. The predicted molar refractivity (Wildman–Crippen MR) is 68.1 cm³/mol. The van der Waals surface area contributed by atoms with Crippen molar-refractivity contribution in [2.75, 3.05) is 6.54 Å². The van der Waals surface area contributed by atoms with Gasteiger partial charge in [0.1, 0.15) is 0 Å². The number of benzene rings is 1. The van der Waals surface area contributed by atoms with Gasteiger partial charge in [-0.3, -0.25) is 9.59 Å². The van der Waals surface area contributed by atoms with E-state index in [1.54, 1.807) is 6.07 Å². The Morgan fingerprint density at radius 1 is 1.33 bits per heavy atom. The van der Waals surface area contributed by atoms with E-state index in [4.69, 9.17) is 28.3 Å². The van der Waals surface area contributed by atoms with Gasteiger partial charge in [0.05, 0.1) is 16.0 Å². The lowest BCUT2D eigenvalue weighted by atomic mass is 10.1. The van der Waals surface area contributed by atoms with Crippen LogP contribution in [0.1, 0.15) is 23.2 Å². The molecule has 6 heteroatoms. The van der Waals surface area contributed by atoms with E-state index in [1.807, 2.05) is 0 Å². The highest BCUT2D eigenvalue weighted by Gasteiger charge is 2.50. The zero-order valence-electron chi connectivity index (χ0n) is 9.37. The Labute approximate surface area is 114 Å². The molecule has 1 amide bonds. The smallest absolute Gasteiger partial charge is 0.311 e. The molecule has 0 aliphatic heterocycles. The second kappa shape index (κ2) is 4.78. The minimum Gasteiger partial charge on any atom is -0.481 e. The molecule has 96 valence electrons. The van der Waals surface area contributed by atoms with Crippen LogP contribution in [0.2, 0.25) is 10.0 Å². The molecule has 0 spiro atoms. The number of hydrogen-bond acceptors (Lipinski definition) is 2. The van der Waals surface area contributed by atoms with E-state index < -0.39 is 17.3 Å². The van der Waals surface area contributed by atoms with E-state index in [0.29, 0.717) is 17.9 Å². The number of hydrogen-bond donors (Lipinski definition) is 2. The number of carboxylic acid groups (broad SMARTS) is 1. The molecule has 2 N–H and O–H groups in total. The van der Waals surface area contributed by atoms with Crippen LogP contribution in [0.3, 0.4) is 0 Å². The zero-order chi connectivity index (χ0) is 13.3. The van der Waals surface area contributed by atoms with Gasteiger partial charge in [-0.05, 0) is 31.0 Å². The summed E-state index contributed by atoms with van der Waals surface area (Å²) < 4.78 is 0. The molecule has 1 fully saturated rings. The quantitative estimate of drug-likeness (QED) is 0.895. The first kappa shape index (κ1) is 13.2. The molecule has 1 aliphatic carbocycles. The number of halogens is 2. The molecule has 18 heavy (non-hydrogen) atoms. The maximum atomic E-state index is 11.9. The van der Waals surface area contributed by atoms with Crippen LogP contribution in [-0.4, -0.2) is 23.5 Å². The van der Waals surface area contributed by atoms with Gasteiger partial charge in [0.15, 0.2) is 0 Å². The molecule has 1 aromatic rings. The van der Waals surface area contributed by atoms with Gasteiger partial charge in [0, 0.05) is 11.6 Å². The van der Waals surface area contributed by atoms with Gasteiger partial charge < -0.3 is 10.4 Å². The minimum absolute atomic E-state index is 0.115. The standard InChI is InChI=1S/C12H11Cl2NO3/c13-7-1-2-9(14)8(5-7)10(16)15-6-12(3-4-12)11(17)18/h1-2,5H,3-4,6H2,(H,15,16)(H,17,18). The van der Waals surface area contributed by atoms with E-state index in [1.165, 1.54) is 12.1 Å². The number of carbonyl (C=O) groups excluding carboxylic acids is 1. The summed E-state index contributed by atoms with van der Waals surface area (Å²) in [5.74, 6) is -1.28. The Balaban J connectivity index is 2.04. The summed E-state index contributed by atoms with van der Waals surface area (Å²) in [7, 11) is 0. The topological polar surface area (TPSA) is 66.4 Å². The minimum atomic E-state index is -0.875. The van der Waals surface area contributed by atoms with Gasteiger partial charge in [-0.1, -0.05) is 23.2 Å². The van der Waals surface area contributed by atoms with Crippen LogP contribution in [0.25, 0.3) is 0 Å². The van der Waals surface area contributed by atoms with E-state index >= 15 is 0 Å². The van der Waals surface area contributed by atoms with Crippen LogP contribution in [0.15, 0.2) is 18.2 Å². The average molecular weight is 288 g/mol. The summed E-state index contributed by atoms with van der Waals surface area (Å²) in [6.07, 6.45) is 1.18. The second-order valence-corrected chi connectivity index (χ2v) is 5.24. The molecule has 0 unspecified atom stereocenters. The molecule has 0 atom stereocenters. The van der Waals surface area contributed by atoms with Gasteiger partial charge in [-0.2, -0.15) is 0 Å². The van der Waals surface area contributed by atoms with Crippen molar-refractivity contribution >= 4 is 35.1 Å². The van der Waals surface area contributed by atoms with Crippen LogP contribution in [0.5, 0.6) is 0 Å². The maximum absolute atomic E-state index is 11.9. The molecule has 0 radical (unpaired) electrons. The molecule has 2 rings (SSSR count). The number of aliphatic carboxylic acids is 1. The van der Waals surface area contributed by atoms with Crippen molar-refractivity contribution in [1.29, 1.82) is 0 Å². The lowest BCUT2D eigenvalue weighted by Gasteiger charge is -2.11. The summed E-state index contributed by atoms with van der Waals surface area (Å²) in [4.78, 5) is 22.8. The fourth-order valence-corrected chi connectivity index (χ4v) is 2.01. The SMILES string of the molecule is O=C(NCC1(C(=O)O)CC1)c1cc(Cl)ccc1Cl. The average Bonchev–Trinajstić information content (AvgIpc) is 3.10. The third-order valence-corrected chi connectivity index (χ3v) is 3.63. The lowest BCUT2D eigenvalue weighted by Crippen LogP contribution is -2.34. The monoisotopic (exact) mass is 287 g/mol. The largest absolute Gasteiger partial charge is 0.481 e. The first-order chi connectivity index (χ1) is 8.44. The summed E-state index contributed by atoms with van der Waals surface area (Å²) >= 11 is 11.7. The fraction of sp³-hybridized carbons (Fsp3) is 0.333. The molecule has 0 heterocycles. The van der Waals surface area contributed by atoms with Crippen molar-refractivity contribution in [2.24, 2.45) is 5.41 Å². The Hall–Kier alpha value is -1.26. The van der Waals surface area contributed by atoms with E-state index in [9.17, 15) is 9.59 Å². The molecule has 0 aromatic heterocycles. The maximum Gasteiger partial charge on any atom is 0.311 e. The normalized spacial score (nSPS) is 16.1. The van der Waals surface area contributed by atoms with Crippen molar-refractivity contribution in [2.45, 2.75) is 12.8 Å². The zero-order valence-corrected chi connectivity index (χ0v) is 10.9. The molecular weight excluding hydrogens is 277 g/mol. The second-order valence-electron chi connectivity index (χ2n) is 4.39. The highest BCUT2D eigenvalue weighted by atomic mass is 35.5. The number of rotatable bonds is 4. The van der Waals surface area contributed by atoms with Crippen molar-refractivity contribution in [1.82, 2.24) is 5.32 Å². The Kier molecular flexibility index (Phi) is 3.50. The Morgan fingerprint density at radius 3 is 2.56 bits per heavy atom. The molecule has 0 bridgehead atoms. The van der Waals surface area contributed by atoms with Crippen LogP contribution in [0.4, 0.5) is 0 Å². The van der Waals surface area contributed by atoms with Gasteiger partial charge >= 0.3 is 5.97 Å². The number of carboxylic acids is 1. The van der Waals surface area contributed by atoms with E-state index in [2.05, 4.69) is 5.32 Å². The van der Waals surface area contributed by atoms with Gasteiger partial charge in [0.25, 0.3) is 5.91 Å². The van der Waals surface area contributed by atoms with Crippen molar-refractivity contribution in [3.63, 3.8) is 0 Å². The van der Waals surface area contributed by atoms with Crippen LogP contribution in [0, 0.1) is 5.41 Å². The molecule has 0 saturated heterocycles. The van der Waals surface area contributed by atoms with Crippen molar-refractivity contribution < 1.29 is 14.7 Å². The molecular formula is C12H11Cl2NO3. The number of carbonyl (C=O) groups is 2. The summed E-state index contributed by atoms with van der Waals surface area (Å²) in [6.45, 7) is 0.115.